The molecule has 2 rings (SSSR count). The summed E-state index contributed by atoms with van der Waals surface area (Å²) in [6.45, 7) is 5.38. The van der Waals surface area contributed by atoms with Gasteiger partial charge in [-0.1, -0.05) is 13.3 Å². The fraction of sp³-hybridized carbons (Fsp3) is 0.533. The lowest BCUT2D eigenvalue weighted by Gasteiger charge is -2.28. The number of carbonyl (C=O) groups is 1. The number of aryl methyl sites for hydroxylation is 1. The molecule has 0 atom stereocenters. The zero-order valence-electron chi connectivity index (χ0n) is 11.2. The van der Waals surface area contributed by atoms with E-state index in [4.69, 9.17) is 4.74 Å². The third-order valence-corrected chi connectivity index (χ3v) is 3.32. The Balaban J connectivity index is 2.14. The Morgan fingerprint density at radius 1 is 1.44 bits per heavy atom. The summed E-state index contributed by atoms with van der Waals surface area (Å²) in [5, 5.41) is 0. The van der Waals surface area contributed by atoms with Gasteiger partial charge in [0, 0.05) is 19.2 Å². The summed E-state index contributed by atoms with van der Waals surface area (Å²) in [4.78, 5) is 13.4. The number of rotatable bonds is 4. The van der Waals surface area contributed by atoms with Gasteiger partial charge >= 0.3 is 0 Å². The van der Waals surface area contributed by atoms with Gasteiger partial charge in [-0.25, -0.2) is 0 Å². The summed E-state index contributed by atoms with van der Waals surface area (Å²) in [5.41, 5.74) is 2.28. The molecule has 0 N–H and O–H groups in total. The minimum atomic E-state index is 0.121. The molecule has 0 radical (unpaired) electrons. The predicted molar refractivity (Wildman–Crippen MR) is 73.2 cm³/mol. The molecule has 1 aliphatic rings. The van der Waals surface area contributed by atoms with E-state index in [1.165, 1.54) is 5.56 Å². The van der Waals surface area contributed by atoms with Crippen molar-refractivity contribution in [2.45, 2.75) is 39.5 Å². The third-order valence-electron chi connectivity index (χ3n) is 3.32. The lowest BCUT2D eigenvalue weighted by molar-refractivity contribution is -0.116. The van der Waals surface area contributed by atoms with E-state index < -0.39 is 0 Å². The van der Waals surface area contributed by atoms with Crippen molar-refractivity contribution in [2.24, 2.45) is 0 Å². The van der Waals surface area contributed by atoms with E-state index >= 15 is 0 Å². The molecule has 0 saturated heterocycles. The van der Waals surface area contributed by atoms with Crippen molar-refractivity contribution in [1.82, 2.24) is 0 Å². The summed E-state index contributed by atoms with van der Waals surface area (Å²) < 4.78 is 5.70. The second kappa shape index (κ2) is 5.89. The van der Waals surface area contributed by atoms with Crippen LogP contribution in [0.3, 0.4) is 0 Å². The Morgan fingerprint density at radius 2 is 2.28 bits per heavy atom. The zero-order chi connectivity index (χ0) is 13.0. The second-order valence-corrected chi connectivity index (χ2v) is 4.77. The van der Waals surface area contributed by atoms with E-state index in [1.54, 1.807) is 6.92 Å². The summed E-state index contributed by atoms with van der Waals surface area (Å²) in [5.74, 6) is 1.04. The SMILES string of the molecule is CCCCOc1ccc2c(c1)CCCN2C(C)=O. The maximum absolute atomic E-state index is 11.6. The van der Waals surface area contributed by atoms with Crippen LogP contribution in [0.25, 0.3) is 0 Å². The number of amides is 1. The lowest BCUT2D eigenvalue weighted by Crippen LogP contribution is -2.33. The molecule has 18 heavy (non-hydrogen) atoms. The highest BCUT2D eigenvalue weighted by molar-refractivity contribution is 5.92. The van der Waals surface area contributed by atoms with Gasteiger partial charge in [0.05, 0.1) is 6.61 Å². The molecule has 0 aliphatic carbocycles. The molecule has 98 valence electrons. The summed E-state index contributed by atoms with van der Waals surface area (Å²) in [7, 11) is 0. The standard InChI is InChI=1S/C15H21NO2/c1-3-4-10-18-14-7-8-15-13(11-14)6-5-9-16(15)12(2)17/h7-8,11H,3-6,9-10H2,1-2H3. The first-order chi connectivity index (χ1) is 8.72. The Kier molecular flexibility index (Phi) is 4.24. The Bertz CT molecular complexity index is 429. The van der Waals surface area contributed by atoms with E-state index in [0.29, 0.717) is 0 Å². The molecule has 1 amide bonds. The number of hydrogen-bond acceptors (Lipinski definition) is 2. The molecule has 3 nitrogen and oxygen atoms in total. The number of nitrogens with zero attached hydrogens (tertiary/aromatic N) is 1. The predicted octanol–water partition coefficient (Wildman–Crippen LogP) is 3.16. The van der Waals surface area contributed by atoms with Gasteiger partial charge in [0.1, 0.15) is 5.75 Å². The summed E-state index contributed by atoms with van der Waals surface area (Å²) in [6, 6.07) is 6.06. The second-order valence-electron chi connectivity index (χ2n) is 4.77. The van der Waals surface area contributed by atoms with Crippen LogP contribution in [0.2, 0.25) is 0 Å². The molecular weight excluding hydrogens is 226 g/mol. The van der Waals surface area contributed by atoms with Gasteiger partial charge in [-0.2, -0.15) is 0 Å². The highest BCUT2D eigenvalue weighted by atomic mass is 16.5. The van der Waals surface area contributed by atoms with E-state index in [1.807, 2.05) is 17.0 Å². The minimum absolute atomic E-state index is 0.121. The number of anilines is 1. The summed E-state index contributed by atoms with van der Waals surface area (Å²) >= 11 is 0. The average molecular weight is 247 g/mol. The van der Waals surface area contributed by atoms with Gasteiger partial charge in [0.2, 0.25) is 5.91 Å². The van der Waals surface area contributed by atoms with Crippen LogP contribution in [0.4, 0.5) is 5.69 Å². The average Bonchev–Trinajstić information content (AvgIpc) is 2.38. The van der Waals surface area contributed by atoms with Crippen molar-refractivity contribution < 1.29 is 9.53 Å². The molecular formula is C15H21NO2. The topological polar surface area (TPSA) is 29.5 Å². The van der Waals surface area contributed by atoms with Gasteiger partial charge in [-0.15, -0.1) is 0 Å². The van der Waals surface area contributed by atoms with Gasteiger partial charge in [-0.3, -0.25) is 4.79 Å². The number of ether oxygens (including phenoxy) is 1. The van der Waals surface area contributed by atoms with Gasteiger partial charge < -0.3 is 9.64 Å². The fourth-order valence-corrected chi connectivity index (χ4v) is 2.32. The first-order valence-corrected chi connectivity index (χ1v) is 6.76. The maximum atomic E-state index is 11.6. The van der Waals surface area contributed by atoms with Crippen LogP contribution in [-0.4, -0.2) is 19.1 Å². The van der Waals surface area contributed by atoms with Crippen molar-refractivity contribution in [2.75, 3.05) is 18.1 Å². The quantitative estimate of drug-likeness (QED) is 0.765. The molecule has 0 aromatic heterocycles. The largest absolute Gasteiger partial charge is 0.494 e. The highest BCUT2D eigenvalue weighted by Crippen LogP contribution is 2.30. The number of fused-ring (bicyclic) bond motifs is 1. The van der Waals surface area contributed by atoms with Crippen LogP contribution in [0, 0.1) is 0 Å². The number of carbonyl (C=O) groups excluding carboxylic acids is 1. The zero-order valence-corrected chi connectivity index (χ0v) is 11.2. The van der Waals surface area contributed by atoms with Gasteiger partial charge in [0.25, 0.3) is 0 Å². The number of benzene rings is 1. The Hall–Kier alpha value is -1.51. The van der Waals surface area contributed by atoms with E-state index in [0.717, 1.165) is 50.3 Å². The molecule has 1 heterocycles. The van der Waals surface area contributed by atoms with Crippen molar-refractivity contribution in [1.29, 1.82) is 0 Å². The van der Waals surface area contributed by atoms with Crippen LogP contribution >= 0.6 is 0 Å². The van der Waals surface area contributed by atoms with Crippen LogP contribution in [0.1, 0.15) is 38.7 Å². The van der Waals surface area contributed by atoms with E-state index in [2.05, 4.69) is 13.0 Å². The Morgan fingerprint density at radius 3 is 3.00 bits per heavy atom. The maximum Gasteiger partial charge on any atom is 0.223 e. The van der Waals surface area contributed by atoms with Gasteiger partial charge in [0.15, 0.2) is 0 Å². The smallest absolute Gasteiger partial charge is 0.223 e. The fourth-order valence-electron chi connectivity index (χ4n) is 2.32. The van der Waals surface area contributed by atoms with Crippen LogP contribution in [0.15, 0.2) is 18.2 Å². The molecule has 0 unspecified atom stereocenters. The summed E-state index contributed by atoms with van der Waals surface area (Å²) in [6.07, 6.45) is 4.29. The van der Waals surface area contributed by atoms with Crippen molar-refractivity contribution in [3.63, 3.8) is 0 Å². The van der Waals surface area contributed by atoms with Crippen LogP contribution in [0.5, 0.6) is 5.75 Å². The van der Waals surface area contributed by atoms with Crippen molar-refractivity contribution in [3.05, 3.63) is 23.8 Å². The molecule has 1 aromatic rings. The molecule has 1 aliphatic heterocycles. The molecule has 1 aromatic carbocycles. The normalized spacial score (nSPS) is 14.2. The van der Waals surface area contributed by atoms with E-state index in [-0.39, 0.29) is 5.91 Å². The third kappa shape index (κ3) is 2.84. The molecule has 0 bridgehead atoms. The Labute approximate surface area is 109 Å². The molecule has 3 heteroatoms. The molecule has 0 spiro atoms. The first kappa shape index (κ1) is 12.9. The number of hydrogen-bond donors (Lipinski definition) is 0. The van der Waals surface area contributed by atoms with Crippen molar-refractivity contribution >= 4 is 11.6 Å². The first-order valence-electron chi connectivity index (χ1n) is 6.76. The highest BCUT2D eigenvalue weighted by Gasteiger charge is 2.20. The van der Waals surface area contributed by atoms with E-state index in [9.17, 15) is 4.79 Å². The lowest BCUT2D eigenvalue weighted by atomic mass is 10.0. The molecule has 0 saturated carbocycles. The van der Waals surface area contributed by atoms with Crippen LogP contribution in [-0.2, 0) is 11.2 Å². The molecule has 0 fully saturated rings. The monoisotopic (exact) mass is 247 g/mol. The van der Waals surface area contributed by atoms with Crippen LogP contribution < -0.4 is 9.64 Å². The van der Waals surface area contributed by atoms with Gasteiger partial charge in [-0.05, 0) is 43.0 Å². The number of unbranched alkanes of at least 4 members (excludes halogenated alkanes) is 1. The minimum Gasteiger partial charge on any atom is -0.494 e. The van der Waals surface area contributed by atoms with Crippen molar-refractivity contribution in [3.8, 4) is 5.75 Å².